The van der Waals surface area contributed by atoms with Crippen LogP contribution in [0.4, 0.5) is 0 Å². The third-order valence-corrected chi connectivity index (χ3v) is 0.406. The molecule has 0 aliphatic rings. The van der Waals surface area contributed by atoms with Crippen molar-refractivity contribution in [2.45, 2.75) is 0 Å². The van der Waals surface area contributed by atoms with E-state index in [0.717, 1.165) is 0 Å². The molecular formula is C3H7Cl2IN2. The Hall–Kier alpha value is 0.520. The van der Waals surface area contributed by atoms with Gasteiger partial charge in [0.25, 0.3) is 0 Å². The molecule has 1 rings (SSSR count). The van der Waals surface area contributed by atoms with Crippen molar-refractivity contribution in [3.63, 3.8) is 0 Å². The minimum Gasteiger partial charge on any atom is -0.351 e. The van der Waals surface area contributed by atoms with Crippen LogP contribution in [-0.2, 0) is 0 Å². The van der Waals surface area contributed by atoms with Crippen LogP contribution >= 0.6 is 48.8 Å². The van der Waals surface area contributed by atoms with Gasteiger partial charge in [-0.2, -0.15) is 0 Å². The first-order valence-corrected chi connectivity index (χ1v) is 1.43. The number of imidazole rings is 1. The first kappa shape index (κ1) is 15.8. The van der Waals surface area contributed by atoms with Crippen molar-refractivity contribution in [1.82, 2.24) is 9.97 Å². The summed E-state index contributed by atoms with van der Waals surface area (Å²) >= 11 is 0. The lowest BCUT2D eigenvalue weighted by atomic mass is 11.0. The van der Waals surface area contributed by atoms with Crippen LogP contribution in [0, 0.1) is 0 Å². The molecule has 0 spiro atoms. The molecule has 1 aromatic rings. The Morgan fingerprint density at radius 1 is 1.25 bits per heavy atom. The fraction of sp³-hybridized carbons (Fsp3) is 0. The first-order chi connectivity index (χ1) is 2.50. The lowest BCUT2D eigenvalue weighted by Gasteiger charge is -1.46. The molecule has 0 aliphatic heterocycles. The van der Waals surface area contributed by atoms with E-state index in [2.05, 4.69) is 9.97 Å². The SMILES string of the molecule is Cl.Cl.I.c1c[nH]cn1. The van der Waals surface area contributed by atoms with E-state index in [9.17, 15) is 0 Å². The number of aromatic nitrogens is 2. The Morgan fingerprint density at radius 2 is 1.88 bits per heavy atom. The lowest BCUT2D eigenvalue weighted by Crippen LogP contribution is -1.44. The maximum Gasteiger partial charge on any atom is 0.0919 e. The van der Waals surface area contributed by atoms with Crippen LogP contribution in [0.3, 0.4) is 0 Å². The number of H-pyrrole nitrogens is 1. The van der Waals surface area contributed by atoms with Gasteiger partial charge in [0, 0.05) is 12.4 Å². The van der Waals surface area contributed by atoms with Gasteiger partial charge in [-0.3, -0.25) is 0 Å². The van der Waals surface area contributed by atoms with E-state index in [-0.39, 0.29) is 48.8 Å². The van der Waals surface area contributed by atoms with Gasteiger partial charge >= 0.3 is 0 Å². The Balaban J connectivity index is -0.0000000833. The van der Waals surface area contributed by atoms with Crippen molar-refractivity contribution in [1.29, 1.82) is 0 Å². The van der Waals surface area contributed by atoms with Gasteiger partial charge in [0.2, 0.25) is 0 Å². The van der Waals surface area contributed by atoms with E-state index in [0.29, 0.717) is 0 Å². The molecule has 0 fully saturated rings. The summed E-state index contributed by atoms with van der Waals surface area (Å²) in [7, 11) is 0. The van der Waals surface area contributed by atoms with Crippen molar-refractivity contribution in [3.8, 4) is 0 Å². The minimum atomic E-state index is 0. The van der Waals surface area contributed by atoms with E-state index in [1.807, 2.05) is 0 Å². The predicted octanol–water partition coefficient (Wildman–Crippen LogP) is 1.87. The molecule has 0 unspecified atom stereocenters. The quantitative estimate of drug-likeness (QED) is 0.715. The van der Waals surface area contributed by atoms with Gasteiger partial charge in [0.15, 0.2) is 0 Å². The largest absolute Gasteiger partial charge is 0.351 e. The molecule has 0 atom stereocenters. The Kier molecular flexibility index (Phi) is 20.7. The summed E-state index contributed by atoms with van der Waals surface area (Å²) in [6.07, 6.45) is 5.08. The number of halogens is 3. The van der Waals surface area contributed by atoms with E-state index in [1.165, 1.54) is 0 Å². The second kappa shape index (κ2) is 10.5. The molecule has 0 amide bonds. The minimum absolute atomic E-state index is 0. The summed E-state index contributed by atoms with van der Waals surface area (Å²) in [5.41, 5.74) is 0. The number of rotatable bonds is 0. The van der Waals surface area contributed by atoms with Crippen LogP contribution in [0.2, 0.25) is 0 Å². The van der Waals surface area contributed by atoms with Crippen LogP contribution in [0.5, 0.6) is 0 Å². The fourth-order valence-electron chi connectivity index (χ4n) is 0.215. The van der Waals surface area contributed by atoms with Crippen molar-refractivity contribution in [2.24, 2.45) is 0 Å². The highest BCUT2D eigenvalue weighted by atomic mass is 127. The molecule has 1 N–H and O–H groups in total. The van der Waals surface area contributed by atoms with Crippen LogP contribution in [0.15, 0.2) is 18.7 Å². The van der Waals surface area contributed by atoms with Crippen molar-refractivity contribution in [2.75, 3.05) is 0 Å². The van der Waals surface area contributed by atoms with Gasteiger partial charge in [0.1, 0.15) is 0 Å². The summed E-state index contributed by atoms with van der Waals surface area (Å²) in [6, 6.07) is 0. The number of hydrogen-bond donors (Lipinski definition) is 1. The molecule has 0 saturated carbocycles. The summed E-state index contributed by atoms with van der Waals surface area (Å²) in [5.74, 6) is 0. The van der Waals surface area contributed by atoms with Crippen LogP contribution < -0.4 is 0 Å². The van der Waals surface area contributed by atoms with Gasteiger partial charge in [-0.05, 0) is 0 Å². The molecule has 0 aromatic carbocycles. The van der Waals surface area contributed by atoms with E-state index < -0.39 is 0 Å². The Labute approximate surface area is 77.3 Å². The van der Waals surface area contributed by atoms with Crippen LogP contribution in [-0.4, -0.2) is 9.97 Å². The number of hydrogen-bond acceptors (Lipinski definition) is 1. The van der Waals surface area contributed by atoms with E-state index in [1.54, 1.807) is 18.7 Å². The second-order valence-electron chi connectivity index (χ2n) is 0.761. The summed E-state index contributed by atoms with van der Waals surface area (Å²) in [4.78, 5) is 6.42. The molecule has 1 aromatic heterocycles. The maximum atomic E-state index is 3.67. The number of nitrogens with one attached hydrogen (secondary N) is 1. The fourth-order valence-corrected chi connectivity index (χ4v) is 0.215. The number of aromatic amines is 1. The molecular weight excluding hydrogens is 262 g/mol. The van der Waals surface area contributed by atoms with Crippen LogP contribution in [0.25, 0.3) is 0 Å². The lowest BCUT2D eigenvalue weighted by molar-refractivity contribution is 1.31. The van der Waals surface area contributed by atoms with Crippen molar-refractivity contribution < 1.29 is 0 Å². The molecule has 0 saturated heterocycles. The molecule has 8 heavy (non-hydrogen) atoms. The summed E-state index contributed by atoms with van der Waals surface area (Å²) in [6.45, 7) is 0. The zero-order valence-electron chi connectivity index (χ0n) is 3.90. The van der Waals surface area contributed by atoms with Gasteiger partial charge in [-0.25, -0.2) is 4.98 Å². The molecule has 0 radical (unpaired) electrons. The van der Waals surface area contributed by atoms with Gasteiger partial charge in [-0.1, -0.05) is 0 Å². The van der Waals surface area contributed by atoms with Gasteiger partial charge in [-0.15, -0.1) is 48.8 Å². The normalized spacial score (nSPS) is 5.00. The van der Waals surface area contributed by atoms with Crippen molar-refractivity contribution >= 4 is 48.8 Å². The first-order valence-electron chi connectivity index (χ1n) is 1.43. The Morgan fingerprint density at radius 3 is 2.00 bits per heavy atom. The zero-order chi connectivity index (χ0) is 3.54. The third kappa shape index (κ3) is 6.52. The van der Waals surface area contributed by atoms with E-state index in [4.69, 9.17) is 0 Å². The zero-order valence-corrected chi connectivity index (χ0v) is 7.87. The summed E-state index contributed by atoms with van der Waals surface area (Å²) < 4.78 is 0. The molecule has 1 heterocycles. The maximum absolute atomic E-state index is 3.67. The second-order valence-corrected chi connectivity index (χ2v) is 0.761. The third-order valence-electron chi connectivity index (χ3n) is 0.406. The molecule has 0 aliphatic carbocycles. The van der Waals surface area contributed by atoms with Crippen LogP contribution in [0.1, 0.15) is 0 Å². The van der Waals surface area contributed by atoms with Gasteiger partial charge in [0.05, 0.1) is 6.33 Å². The standard InChI is InChI=1S/C3H4N2.2ClH.HI/c1-2-5-3-4-1;;;/h1-3H,(H,4,5);3*1H. The van der Waals surface area contributed by atoms with Gasteiger partial charge < -0.3 is 4.98 Å². The Bertz CT molecular complexity index is 71.8. The average Bonchev–Trinajstić information content (AvgIpc) is 1.76. The topological polar surface area (TPSA) is 28.7 Å². The molecule has 2 nitrogen and oxygen atoms in total. The van der Waals surface area contributed by atoms with E-state index >= 15 is 0 Å². The smallest absolute Gasteiger partial charge is 0.0919 e. The monoisotopic (exact) mass is 268 g/mol. The average molecular weight is 269 g/mol. The summed E-state index contributed by atoms with van der Waals surface area (Å²) in [5, 5.41) is 0. The molecule has 50 valence electrons. The highest BCUT2D eigenvalue weighted by Gasteiger charge is 1.56. The highest BCUT2D eigenvalue weighted by molar-refractivity contribution is 14.0. The number of nitrogens with zero attached hydrogens (tertiary/aromatic N) is 1. The predicted molar refractivity (Wildman–Crippen MR) is 48.5 cm³/mol. The molecule has 5 heteroatoms. The van der Waals surface area contributed by atoms with Crippen molar-refractivity contribution in [3.05, 3.63) is 18.7 Å². The highest BCUT2D eigenvalue weighted by Crippen LogP contribution is 1.62. The molecule has 0 bridgehead atoms.